The molecule has 74 valence electrons. The summed E-state index contributed by atoms with van der Waals surface area (Å²) in [5, 5.41) is 12.7. The second-order valence-electron chi connectivity index (χ2n) is 3.44. The summed E-state index contributed by atoms with van der Waals surface area (Å²) in [6.07, 6.45) is 4.55. The minimum Gasteiger partial charge on any atom is -0.392 e. The van der Waals surface area contributed by atoms with Gasteiger partial charge in [0.05, 0.1) is 6.10 Å². The van der Waals surface area contributed by atoms with Crippen LogP contribution in [0.3, 0.4) is 0 Å². The summed E-state index contributed by atoms with van der Waals surface area (Å²) in [6.45, 7) is 5.07. The fourth-order valence-electron chi connectivity index (χ4n) is 1.51. The molecule has 0 saturated carbocycles. The predicted molar refractivity (Wildman–Crippen MR) is 53.2 cm³/mol. The van der Waals surface area contributed by atoms with Gasteiger partial charge in [-0.3, -0.25) is 0 Å². The van der Waals surface area contributed by atoms with Crippen molar-refractivity contribution in [2.75, 3.05) is 13.6 Å². The number of aliphatic hydroxyl groups is 1. The monoisotopic (exact) mass is 173 g/mol. The Morgan fingerprint density at radius 2 is 2.00 bits per heavy atom. The molecular weight excluding hydrogens is 150 g/mol. The normalized spacial score (nSPS) is 16.0. The lowest BCUT2D eigenvalue weighted by Crippen LogP contribution is -2.30. The average molecular weight is 173 g/mol. The van der Waals surface area contributed by atoms with Crippen LogP contribution in [0.4, 0.5) is 0 Å². The molecule has 0 aliphatic heterocycles. The van der Waals surface area contributed by atoms with Gasteiger partial charge in [0.25, 0.3) is 0 Å². The van der Waals surface area contributed by atoms with E-state index in [4.69, 9.17) is 0 Å². The van der Waals surface area contributed by atoms with E-state index < -0.39 is 0 Å². The second-order valence-corrected chi connectivity index (χ2v) is 3.44. The van der Waals surface area contributed by atoms with Crippen LogP contribution in [0.15, 0.2) is 0 Å². The van der Waals surface area contributed by atoms with Crippen LogP contribution in [0, 0.1) is 5.92 Å². The summed E-state index contributed by atoms with van der Waals surface area (Å²) in [5.74, 6) is 0.484. The van der Waals surface area contributed by atoms with E-state index in [-0.39, 0.29) is 6.10 Å². The third kappa shape index (κ3) is 4.73. The van der Waals surface area contributed by atoms with Gasteiger partial charge in [0.15, 0.2) is 0 Å². The lowest BCUT2D eigenvalue weighted by atomic mass is 9.93. The first-order valence-electron chi connectivity index (χ1n) is 5.08. The first kappa shape index (κ1) is 11.9. The molecule has 0 heterocycles. The molecule has 2 unspecified atom stereocenters. The van der Waals surface area contributed by atoms with Crippen LogP contribution in [0.25, 0.3) is 0 Å². The topological polar surface area (TPSA) is 32.3 Å². The Bertz CT molecular complexity index is 95.8. The quantitative estimate of drug-likeness (QED) is 0.615. The van der Waals surface area contributed by atoms with Crippen LogP contribution in [-0.2, 0) is 0 Å². The molecule has 0 rings (SSSR count). The molecule has 0 aliphatic carbocycles. The minimum atomic E-state index is -0.161. The van der Waals surface area contributed by atoms with E-state index in [1.54, 1.807) is 0 Å². The fourth-order valence-corrected chi connectivity index (χ4v) is 1.51. The van der Waals surface area contributed by atoms with Gasteiger partial charge in [-0.15, -0.1) is 0 Å². The molecule has 2 N–H and O–H groups in total. The minimum absolute atomic E-state index is 0.161. The van der Waals surface area contributed by atoms with Crippen molar-refractivity contribution in [3.8, 4) is 0 Å². The highest BCUT2D eigenvalue weighted by Gasteiger charge is 2.15. The van der Waals surface area contributed by atoms with Crippen LogP contribution in [-0.4, -0.2) is 24.8 Å². The van der Waals surface area contributed by atoms with Gasteiger partial charge in [-0.05, 0) is 19.4 Å². The Kier molecular flexibility index (Phi) is 7.51. The van der Waals surface area contributed by atoms with Gasteiger partial charge < -0.3 is 10.4 Å². The summed E-state index contributed by atoms with van der Waals surface area (Å²) >= 11 is 0. The van der Waals surface area contributed by atoms with Gasteiger partial charge in [-0.2, -0.15) is 0 Å². The summed E-state index contributed by atoms with van der Waals surface area (Å²) < 4.78 is 0. The van der Waals surface area contributed by atoms with Gasteiger partial charge in [-0.1, -0.05) is 33.1 Å². The van der Waals surface area contributed by atoms with Crippen molar-refractivity contribution in [3.63, 3.8) is 0 Å². The van der Waals surface area contributed by atoms with E-state index in [1.165, 1.54) is 12.8 Å². The van der Waals surface area contributed by atoms with Gasteiger partial charge in [0, 0.05) is 6.54 Å². The van der Waals surface area contributed by atoms with Crippen molar-refractivity contribution in [1.82, 2.24) is 5.32 Å². The van der Waals surface area contributed by atoms with E-state index in [1.807, 2.05) is 7.05 Å². The molecule has 0 saturated heterocycles. The van der Waals surface area contributed by atoms with Gasteiger partial charge >= 0.3 is 0 Å². The second kappa shape index (κ2) is 7.56. The summed E-state index contributed by atoms with van der Waals surface area (Å²) in [7, 11) is 1.88. The Hall–Kier alpha value is -0.0800. The number of hydrogen-bond donors (Lipinski definition) is 2. The Morgan fingerprint density at radius 1 is 1.33 bits per heavy atom. The number of rotatable bonds is 7. The summed E-state index contributed by atoms with van der Waals surface area (Å²) in [6, 6.07) is 0. The number of aliphatic hydroxyl groups excluding tert-OH is 1. The third-order valence-electron chi connectivity index (χ3n) is 2.41. The Labute approximate surface area is 76.4 Å². The first-order valence-corrected chi connectivity index (χ1v) is 5.08. The van der Waals surface area contributed by atoms with Crippen molar-refractivity contribution in [2.24, 2.45) is 5.92 Å². The van der Waals surface area contributed by atoms with Crippen LogP contribution in [0.1, 0.15) is 39.5 Å². The largest absolute Gasteiger partial charge is 0.392 e. The molecule has 0 fully saturated rings. The highest BCUT2D eigenvalue weighted by Crippen LogP contribution is 2.16. The van der Waals surface area contributed by atoms with Crippen LogP contribution >= 0.6 is 0 Å². The molecule has 0 radical (unpaired) electrons. The van der Waals surface area contributed by atoms with Crippen LogP contribution < -0.4 is 5.32 Å². The smallest absolute Gasteiger partial charge is 0.0692 e. The molecule has 2 nitrogen and oxygen atoms in total. The Balaban J connectivity index is 3.62. The summed E-state index contributed by atoms with van der Waals surface area (Å²) in [4.78, 5) is 0. The zero-order valence-electron chi connectivity index (χ0n) is 8.64. The van der Waals surface area contributed by atoms with E-state index in [9.17, 15) is 5.11 Å². The average Bonchev–Trinajstić information content (AvgIpc) is 2.06. The molecule has 0 spiro atoms. The number of likely N-dealkylation sites (N-methyl/N-ethyl adjacent to an activating group) is 1. The maximum Gasteiger partial charge on any atom is 0.0692 e. The zero-order valence-corrected chi connectivity index (χ0v) is 8.64. The maximum atomic E-state index is 9.67. The van der Waals surface area contributed by atoms with E-state index in [0.717, 1.165) is 19.4 Å². The van der Waals surface area contributed by atoms with Gasteiger partial charge in [0.2, 0.25) is 0 Å². The molecule has 0 amide bonds. The SMILES string of the molecule is CCCCC(CC)C(O)CNC. The maximum absolute atomic E-state index is 9.67. The number of unbranched alkanes of at least 4 members (excludes halogenated alkanes) is 1. The van der Waals surface area contributed by atoms with Crippen molar-refractivity contribution in [1.29, 1.82) is 0 Å². The highest BCUT2D eigenvalue weighted by molar-refractivity contribution is 4.68. The van der Waals surface area contributed by atoms with E-state index >= 15 is 0 Å². The van der Waals surface area contributed by atoms with Crippen LogP contribution in [0.2, 0.25) is 0 Å². The lowest BCUT2D eigenvalue weighted by molar-refractivity contribution is 0.0994. The number of hydrogen-bond acceptors (Lipinski definition) is 2. The molecule has 0 bridgehead atoms. The molecule has 2 atom stereocenters. The van der Waals surface area contributed by atoms with Crippen molar-refractivity contribution >= 4 is 0 Å². The predicted octanol–water partition coefficient (Wildman–Crippen LogP) is 1.78. The zero-order chi connectivity index (χ0) is 9.40. The van der Waals surface area contributed by atoms with Crippen molar-refractivity contribution in [3.05, 3.63) is 0 Å². The molecule has 0 aromatic heterocycles. The van der Waals surface area contributed by atoms with Crippen molar-refractivity contribution in [2.45, 2.75) is 45.6 Å². The Morgan fingerprint density at radius 3 is 2.42 bits per heavy atom. The fraction of sp³-hybridized carbons (Fsp3) is 1.00. The van der Waals surface area contributed by atoms with Gasteiger partial charge in [-0.25, -0.2) is 0 Å². The molecule has 12 heavy (non-hydrogen) atoms. The molecule has 0 aromatic rings. The summed E-state index contributed by atoms with van der Waals surface area (Å²) in [5.41, 5.74) is 0. The molecule has 0 aliphatic rings. The standard InChI is InChI=1S/C10H23NO/c1-4-6-7-9(5-2)10(12)8-11-3/h9-12H,4-8H2,1-3H3. The van der Waals surface area contributed by atoms with Crippen LogP contribution in [0.5, 0.6) is 0 Å². The van der Waals surface area contributed by atoms with E-state index in [2.05, 4.69) is 19.2 Å². The lowest BCUT2D eigenvalue weighted by Gasteiger charge is -2.20. The first-order chi connectivity index (χ1) is 5.76. The molecule has 0 aromatic carbocycles. The van der Waals surface area contributed by atoms with E-state index in [0.29, 0.717) is 5.92 Å². The molecule has 2 heteroatoms. The highest BCUT2D eigenvalue weighted by atomic mass is 16.3. The third-order valence-corrected chi connectivity index (χ3v) is 2.41. The number of nitrogens with one attached hydrogen (secondary N) is 1. The van der Waals surface area contributed by atoms with Crippen molar-refractivity contribution < 1.29 is 5.11 Å². The van der Waals surface area contributed by atoms with Gasteiger partial charge in [0.1, 0.15) is 0 Å². The molecular formula is C10H23NO.